The van der Waals surface area contributed by atoms with Gasteiger partial charge in [-0.05, 0) is 36.8 Å². The number of aryl methyl sites for hydroxylation is 1. The molecule has 0 aliphatic carbocycles. The lowest BCUT2D eigenvalue weighted by atomic mass is 10.1. The maximum Gasteiger partial charge on any atom is 0.251 e. The van der Waals surface area contributed by atoms with Crippen LogP contribution in [0.3, 0.4) is 0 Å². The number of benzene rings is 2. The zero-order chi connectivity index (χ0) is 20.7. The van der Waals surface area contributed by atoms with Crippen molar-refractivity contribution < 1.29 is 22.8 Å². The van der Waals surface area contributed by atoms with Crippen molar-refractivity contribution in [3.63, 3.8) is 0 Å². The van der Waals surface area contributed by atoms with E-state index in [0.29, 0.717) is 22.6 Å². The Bertz CT molecular complexity index is 1130. The van der Waals surface area contributed by atoms with Gasteiger partial charge in [0.1, 0.15) is 17.7 Å². The molecule has 1 aliphatic rings. The Morgan fingerprint density at radius 1 is 1.14 bits per heavy atom. The second-order valence-corrected chi connectivity index (χ2v) is 6.65. The van der Waals surface area contributed by atoms with Crippen molar-refractivity contribution >= 4 is 23.3 Å². The molecule has 2 N–H and O–H groups in total. The second-order valence-electron chi connectivity index (χ2n) is 6.65. The summed E-state index contributed by atoms with van der Waals surface area (Å²) < 4.78 is 40.9. The molecule has 1 unspecified atom stereocenters. The Morgan fingerprint density at radius 2 is 1.86 bits per heavy atom. The fraction of sp³-hybridized carbons (Fsp3) is 0.150. The molecular formula is C20H15F3N4O2. The van der Waals surface area contributed by atoms with E-state index in [1.54, 1.807) is 19.1 Å². The minimum atomic E-state index is -1.09. The zero-order valence-electron chi connectivity index (χ0n) is 15.2. The molecule has 4 rings (SSSR count). The number of nitrogens with zero attached hydrogens (tertiary/aromatic N) is 2. The highest BCUT2D eigenvalue weighted by Gasteiger charge is 2.36. The standard InChI is InChI=1S/C20H15F3N4O2/c1-10-18(11-2-4-12(21)5-3-11)19-25-20(29)16(27(19)26-10)9-17(28)24-13-6-7-14(22)15(23)8-13/h2-8,16H,9H2,1H3,(H,24,28)(H,25,29). The molecule has 29 heavy (non-hydrogen) atoms. The fourth-order valence-electron chi connectivity index (χ4n) is 3.31. The van der Waals surface area contributed by atoms with Crippen LogP contribution >= 0.6 is 0 Å². The Kier molecular flexibility index (Phi) is 4.57. The molecule has 6 nitrogen and oxygen atoms in total. The van der Waals surface area contributed by atoms with Gasteiger partial charge < -0.3 is 10.6 Å². The van der Waals surface area contributed by atoms with Gasteiger partial charge in [-0.25, -0.2) is 17.9 Å². The SMILES string of the molecule is Cc1nn2c(c1-c1ccc(F)cc1)NC(=O)C2CC(=O)Nc1ccc(F)c(F)c1. The van der Waals surface area contributed by atoms with Crippen LogP contribution in [-0.2, 0) is 9.59 Å². The van der Waals surface area contributed by atoms with Gasteiger partial charge in [0.2, 0.25) is 5.91 Å². The van der Waals surface area contributed by atoms with Crippen molar-refractivity contribution in [1.29, 1.82) is 0 Å². The number of hydrogen-bond acceptors (Lipinski definition) is 3. The fourth-order valence-corrected chi connectivity index (χ4v) is 3.31. The molecular weight excluding hydrogens is 385 g/mol. The first-order valence-electron chi connectivity index (χ1n) is 8.74. The smallest absolute Gasteiger partial charge is 0.251 e. The van der Waals surface area contributed by atoms with Crippen molar-refractivity contribution in [3.05, 3.63) is 65.6 Å². The molecule has 0 bridgehead atoms. The van der Waals surface area contributed by atoms with Crippen LogP contribution in [-0.4, -0.2) is 21.6 Å². The van der Waals surface area contributed by atoms with Crippen LogP contribution in [0.25, 0.3) is 11.1 Å². The highest BCUT2D eigenvalue weighted by atomic mass is 19.2. The predicted octanol–water partition coefficient (Wildman–Crippen LogP) is 3.80. The number of rotatable bonds is 4. The van der Waals surface area contributed by atoms with Gasteiger partial charge in [-0.2, -0.15) is 5.10 Å². The van der Waals surface area contributed by atoms with Crippen molar-refractivity contribution in [1.82, 2.24) is 9.78 Å². The number of aromatic nitrogens is 2. The van der Waals surface area contributed by atoms with Gasteiger partial charge in [-0.3, -0.25) is 9.59 Å². The molecule has 3 aromatic rings. The van der Waals surface area contributed by atoms with E-state index in [0.717, 1.165) is 12.1 Å². The van der Waals surface area contributed by atoms with Gasteiger partial charge in [0.25, 0.3) is 5.91 Å². The maximum atomic E-state index is 13.3. The first-order valence-corrected chi connectivity index (χ1v) is 8.74. The summed E-state index contributed by atoms with van der Waals surface area (Å²) in [5.41, 5.74) is 2.01. The van der Waals surface area contributed by atoms with E-state index in [4.69, 9.17) is 0 Å². The number of fused-ring (bicyclic) bond motifs is 1. The molecule has 1 atom stereocenters. The molecule has 148 valence electrons. The summed E-state index contributed by atoms with van der Waals surface area (Å²) in [6, 6.07) is 7.86. The average Bonchev–Trinajstić information content (AvgIpc) is 3.13. The summed E-state index contributed by atoms with van der Waals surface area (Å²) in [5, 5.41) is 9.51. The lowest BCUT2D eigenvalue weighted by Crippen LogP contribution is -2.23. The number of anilines is 2. The van der Waals surface area contributed by atoms with Crippen LogP contribution < -0.4 is 10.6 Å². The van der Waals surface area contributed by atoms with Crippen LogP contribution in [0.5, 0.6) is 0 Å². The van der Waals surface area contributed by atoms with Gasteiger partial charge in [-0.1, -0.05) is 12.1 Å². The first-order chi connectivity index (χ1) is 13.8. The van der Waals surface area contributed by atoms with Crippen molar-refractivity contribution in [3.8, 4) is 11.1 Å². The second kappa shape index (κ2) is 7.08. The quantitative estimate of drug-likeness (QED) is 0.700. The summed E-state index contributed by atoms with van der Waals surface area (Å²) in [4.78, 5) is 24.7. The van der Waals surface area contributed by atoms with Crippen LogP contribution in [0.4, 0.5) is 24.7 Å². The predicted molar refractivity (Wildman–Crippen MR) is 99.6 cm³/mol. The number of halogens is 3. The van der Waals surface area contributed by atoms with Gasteiger partial charge in [0, 0.05) is 17.3 Å². The summed E-state index contributed by atoms with van der Waals surface area (Å²) in [6.07, 6.45) is -0.248. The van der Waals surface area contributed by atoms with Gasteiger partial charge in [-0.15, -0.1) is 0 Å². The van der Waals surface area contributed by atoms with Crippen LogP contribution in [0, 0.1) is 24.4 Å². The summed E-state index contributed by atoms with van der Waals surface area (Å²) in [6.45, 7) is 1.74. The topological polar surface area (TPSA) is 76.0 Å². The van der Waals surface area contributed by atoms with E-state index in [1.165, 1.54) is 22.9 Å². The van der Waals surface area contributed by atoms with Crippen molar-refractivity contribution in [2.75, 3.05) is 10.6 Å². The van der Waals surface area contributed by atoms with E-state index in [2.05, 4.69) is 15.7 Å². The molecule has 1 aliphatic heterocycles. The maximum absolute atomic E-state index is 13.3. The monoisotopic (exact) mass is 400 g/mol. The summed E-state index contributed by atoms with van der Waals surface area (Å²) in [5.74, 6) is -3.05. The third kappa shape index (κ3) is 3.46. The Morgan fingerprint density at radius 3 is 2.55 bits per heavy atom. The molecule has 0 saturated heterocycles. The molecule has 0 radical (unpaired) electrons. The molecule has 1 aromatic heterocycles. The summed E-state index contributed by atoms with van der Waals surface area (Å²) >= 11 is 0. The molecule has 2 amide bonds. The summed E-state index contributed by atoms with van der Waals surface area (Å²) in [7, 11) is 0. The van der Waals surface area contributed by atoms with Crippen molar-refractivity contribution in [2.45, 2.75) is 19.4 Å². The number of nitrogens with one attached hydrogen (secondary N) is 2. The van der Waals surface area contributed by atoms with E-state index in [9.17, 15) is 22.8 Å². The van der Waals surface area contributed by atoms with Gasteiger partial charge in [0.05, 0.1) is 12.1 Å². The minimum Gasteiger partial charge on any atom is -0.326 e. The van der Waals surface area contributed by atoms with Crippen LogP contribution in [0.15, 0.2) is 42.5 Å². The normalized spacial score (nSPS) is 15.2. The van der Waals surface area contributed by atoms with Gasteiger partial charge >= 0.3 is 0 Å². The number of hydrogen-bond donors (Lipinski definition) is 2. The van der Waals surface area contributed by atoms with E-state index >= 15 is 0 Å². The zero-order valence-corrected chi connectivity index (χ0v) is 15.2. The van der Waals surface area contributed by atoms with Gasteiger partial charge in [0.15, 0.2) is 11.6 Å². The molecule has 2 aromatic carbocycles. The molecule has 0 fully saturated rings. The Balaban J connectivity index is 1.57. The van der Waals surface area contributed by atoms with E-state index in [1.807, 2.05) is 0 Å². The third-order valence-corrected chi connectivity index (χ3v) is 4.64. The van der Waals surface area contributed by atoms with Crippen LogP contribution in [0.1, 0.15) is 18.2 Å². The number of carbonyl (C=O) groups excluding carboxylic acids is 2. The Labute approximate surface area is 163 Å². The molecule has 0 saturated carbocycles. The molecule has 2 heterocycles. The largest absolute Gasteiger partial charge is 0.326 e. The van der Waals surface area contributed by atoms with E-state index in [-0.39, 0.29) is 17.9 Å². The third-order valence-electron chi connectivity index (χ3n) is 4.64. The first kappa shape index (κ1) is 18.7. The lowest BCUT2D eigenvalue weighted by molar-refractivity contribution is -0.123. The molecule has 0 spiro atoms. The highest BCUT2D eigenvalue weighted by Crippen LogP contribution is 2.38. The number of carbonyl (C=O) groups is 2. The Hall–Kier alpha value is -3.62. The van der Waals surface area contributed by atoms with Crippen molar-refractivity contribution in [2.24, 2.45) is 0 Å². The number of amides is 2. The average molecular weight is 400 g/mol. The highest BCUT2D eigenvalue weighted by molar-refractivity contribution is 6.04. The lowest BCUT2D eigenvalue weighted by Gasteiger charge is -2.10. The minimum absolute atomic E-state index is 0.0798. The van der Waals surface area contributed by atoms with E-state index < -0.39 is 29.5 Å². The van der Waals surface area contributed by atoms with Crippen LogP contribution in [0.2, 0.25) is 0 Å². The molecule has 9 heteroatoms.